The van der Waals surface area contributed by atoms with Crippen LogP contribution in [0.1, 0.15) is 44.1 Å². The van der Waals surface area contributed by atoms with Crippen LogP contribution >= 0.6 is 11.6 Å². The van der Waals surface area contributed by atoms with Crippen molar-refractivity contribution >= 4 is 11.6 Å². The van der Waals surface area contributed by atoms with Gasteiger partial charge in [-0.2, -0.15) is 5.10 Å². The maximum Gasteiger partial charge on any atom is 0.119 e. The fourth-order valence-corrected chi connectivity index (χ4v) is 2.56. The number of halogens is 1. The smallest absolute Gasteiger partial charge is 0.119 e. The van der Waals surface area contributed by atoms with E-state index >= 15 is 0 Å². The molecule has 0 saturated carbocycles. The number of ether oxygens (including phenoxy) is 1. The van der Waals surface area contributed by atoms with Crippen LogP contribution in [0.15, 0.2) is 30.5 Å². The van der Waals surface area contributed by atoms with Crippen LogP contribution in [0.5, 0.6) is 5.75 Å². The summed E-state index contributed by atoms with van der Waals surface area (Å²) in [4.78, 5) is 0. The van der Waals surface area contributed by atoms with E-state index in [1.165, 1.54) is 0 Å². The van der Waals surface area contributed by atoms with Crippen molar-refractivity contribution in [3.05, 3.63) is 46.7 Å². The second kappa shape index (κ2) is 6.93. The van der Waals surface area contributed by atoms with Crippen LogP contribution in [0, 0.1) is 0 Å². The Balaban J connectivity index is 2.44. The van der Waals surface area contributed by atoms with Gasteiger partial charge in [-0.15, -0.1) is 0 Å². The molecule has 1 atom stereocenters. The van der Waals surface area contributed by atoms with Crippen LogP contribution in [0.2, 0.25) is 5.02 Å². The van der Waals surface area contributed by atoms with Gasteiger partial charge >= 0.3 is 0 Å². The maximum atomic E-state index is 6.30. The van der Waals surface area contributed by atoms with Crippen LogP contribution in [0.3, 0.4) is 0 Å². The first-order valence-corrected chi connectivity index (χ1v) is 7.38. The van der Waals surface area contributed by atoms with Gasteiger partial charge in [-0.3, -0.25) is 10.5 Å². The number of nitrogens with zero attached hydrogens (tertiary/aromatic N) is 2. The van der Waals surface area contributed by atoms with Gasteiger partial charge in [0.05, 0.1) is 29.6 Å². The zero-order valence-corrected chi connectivity index (χ0v) is 13.3. The Morgan fingerprint density at radius 2 is 2.19 bits per heavy atom. The van der Waals surface area contributed by atoms with E-state index in [1.807, 2.05) is 35.9 Å². The molecule has 114 valence electrons. The monoisotopic (exact) mass is 308 g/mol. The standard InChI is InChI=1S/C15H21ClN4O/c1-4-21-12-7-5-6-11(8-12)14(19-17)15-13(16)9-18-20(15)10(2)3/h5-10,14,19H,4,17H2,1-3H3. The van der Waals surface area contributed by atoms with E-state index in [0.29, 0.717) is 11.6 Å². The Morgan fingerprint density at radius 3 is 2.81 bits per heavy atom. The van der Waals surface area contributed by atoms with Crippen molar-refractivity contribution < 1.29 is 4.74 Å². The summed E-state index contributed by atoms with van der Waals surface area (Å²) in [6.45, 7) is 6.68. The average molecular weight is 309 g/mol. The lowest BCUT2D eigenvalue weighted by molar-refractivity contribution is 0.339. The first-order chi connectivity index (χ1) is 10.1. The molecule has 0 fully saturated rings. The van der Waals surface area contributed by atoms with E-state index in [-0.39, 0.29) is 12.1 Å². The summed E-state index contributed by atoms with van der Waals surface area (Å²) in [6, 6.07) is 7.75. The summed E-state index contributed by atoms with van der Waals surface area (Å²) in [5.41, 5.74) is 4.65. The van der Waals surface area contributed by atoms with Crippen LogP contribution in [0.4, 0.5) is 0 Å². The molecule has 0 radical (unpaired) electrons. The first kappa shape index (κ1) is 15.8. The van der Waals surface area contributed by atoms with Crippen LogP contribution in [-0.4, -0.2) is 16.4 Å². The average Bonchev–Trinajstić information content (AvgIpc) is 2.83. The summed E-state index contributed by atoms with van der Waals surface area (Å²) in [5, 5.41) is 4.92. The predicted molar refractivity (Wildman–Crippen MR) is 84.4 cm³/mol. The van der Waals surface area contributed by atoms with Gasteiger partial charge in [0.25, 0.3) is 0 Å². The van der Waals surface area contributed by atoms with E-state index < -0.39 is 0 Å². The molecule has 21 heavy (non-hydrogen) atoms. The highest BCUT2D eigenvalue weighted by atomic mass is 35.5. The molecular formula is C15H21ClN4O. The SMILES string of the molecule is CCOc1cccc(C(NN)c2c(Cl)cnn2C(C)C)c1. The molecule has 5 nitrogen and oxygen atoms in total. The van der Waals surface area contributed by atoms with E-state index in [9.17, 15) is 0 Å². The van der Waals surface area contributed by atoms with E-state index in [0.717, 1.165) is 17.0 Å². The molecule has 1 heterocycles. The summed E-state index contributed by atoms with van der Waals surface area (Å²) in [5.74, 6) is 6.57. The molecule has 0 aliphatic heterocycles. The molecule has 1 aromatic heterocycles. The molecule has 0 aliphatic carbocycles. The molecule has 1 aromatic carbocycles. The lowest BCUT2D eigenvalue weighted by Gasteiger charge is -2.21. The first-order valence-electron chi connectivity index (χ1n) is 7.00. The van der Waals surface area contributed by atoms with Crippen LogP contribution in [0.25, 0.3) is 0 Å². The maximum absolute atomic E-state index is 6.30. The fraction of sp³-hybridized carbons (Fsp3) is 0.400. The largest absolute Gasteiger partial charge is 0.494 e. The molecule has 2 aromatic rings. The predicted octanol–water partition coefficient (Wildman–Crippen LogP) is 3.07. The highest BCUT2D eigenvalue weighted by Gasteiger charge is 2.22. The van der Waals surface area contributed by atoms with Gasteiger partial charge < -0.3 is 4.74 Å². The van der Waals surface area contributed by atoms with Crippen molar-refractivity contribution in [2.45, 2.75) is 32.9 Å². The molecule has 2 rings (SSSR count). The van der Waals surface area contributed by atoms with Crippen LogP contribution < -0.4 is 16.0 Å². The Labute approximate surface area is 130 Å². The van der Waals surface area contributed by atoms with Gasteiger partial charge in [-0.1, -0.05) is 23.7 Å². The number of hydrazine groups is 1. The summed E-state index contributed by atoms with van der Waals surface area (Å²) in [7, 11) is 0. The highest BCUT2D eigenvalue weighted by Crippen LogP contribution is 2.31. The molecule has 0 amide bonds. The minimum absolute atomic E-state index is 0.193. The third kappa shape index (κ3) is 3.37. The van der Waals surface area contributed by atoms with Gasteiger partial charge in [0.2, 0.25) is 0 Å². The normalized spacial score (nSPS) is 12.7. The third-order valence-corrected chi connectivity index (χ3v) is 3.51. The summed E-state index contributed by atoms with van der Waals surface area (Å²) < 4.78 is 7.42. The zero-order valence-electron chi connectivity index (χ0n) is 12.5. The Kier molecular flexibility index (Phi) is 5.22. The van der Waals surface area contributed by atoms with Crippen molar-refractivity contribution in [3.8, 4) is 5.75 Å². The number of hydrogen-bond donors (Lipinski definition) is 2. The van der Waals surface area contributed by atoms with E-state index in [4.69, 9.17) is 22.2 Å². The van der Waals surface area contributed by atoms with Crippen molar-refractivity contribution in [1.29, 1.82) is 0 Å². The van der Waals surface area contributed by atoms with Crippen molar-refractivity contribution in [2.24, 2.45) is 5.84 Å². The summed E-state index contributed by atoms with van der Waals surface area (Å²) in [6.07, 6.45) is 1.65. The molecule has 3 N–H and O–H groups in total. The van der Waals surface area contributed by atoms with Gasteiger partial charge in [-0.25, -0.2) is 5.43 Å². The van der Waals surface area contributed by atoms with E-state index in [1.54, 1.807) is 6.20 Å². The number of aromatic nitrogens is 2. The molecule has 0 bridgehead atoms. The Morgan fingerprint density at radius 1 is 1.43 bits per heavy atom. The molecule has 0 aliphatic rings. The second-order valence-corrected chi connectivity index (χ2v) is 5.43. The van der Waals surface area contributed by atoms with Gasteiger partial charge in [0, 0.05) is 6.04 Å². The quantitative estimate of drug-likeness (QED) is 0.636. The fourth-order valence-electron chi connectivity index (χ4n) is 2.32. The lowest BCUT2D eigenvalue weighted by atomic mass is 10.0. The van der Waals surface area contributed by atoms with Crippen molar-refractivity contribution in [3.63, 3.8) is 0 Å². The summed E-state index contributed by atoms with van der Waals surface area (Å²) >= 11 is 6.30. The zero-order chi connectivity index (χ0) is 15.4. The molecule has 0 spiro atoms. The number of nitrogens with one attached hydrogen (secondary N) is 1. The van der Waals surface area contributed by atoms with Crippen LogP contribution in [-0.2, 0) is 0 Å². The number of nitrogens with two attached hydrogens (primary N) is 1. The molecule has 6 heteroatoms. The Hall–Kier alpha value is -1.56. The minimum atomic E-state index is -0.247. The third-order valence-electron chi connectivity index (χ3n) is 3.22. The molecule has 0 saturated heterocycles. The van der Waals surface area contributed by atoms with E-state index in [2.05, 4.69) is 24.4 Å². The van der Waals surface area contributed by atoms with Gasteiger partial charge in [0.1, 0.15) is 5.75 Å². The lowest BCUT2D eigenvalue weighted by Crippen LogP contribution is -2.31. The molecular weight excluding hydrogens is 288 g/mol. The van der Waals surface area contributed by atoms with Gasteiger partial charge in [0.15, 0.2) is 0 Å². The highest BCUT2D eigenvalue weighted by molar-refractivity contribution is 6.31. The Bertz CT molecular complexity index is 597. The topological polar surface area (TPSA) is 65.1 Å². The number of benzene rings is 1. The number of rotatable bonds is 6. The second-order valence-electron chi connectivity index (χ2n) is 5.02. The van der Waals surface area contributed by atoms with Gasteiger partial charge in [-0.05, 0) is 38.5 Å². The van der Waals surface area contributed by atoms with Crippen molar-refractivity contribution in [2.75, 3.05) is 6.61 Å². The van der Waals surface area contributed by atoms with Crippen molar-refractivity contribution in [1.82, 2.24) is 15.2 Å². The molecule has 1 unspecified atom stereocenters. The number of hydrogen-bond acceptors (Lipinski definition) is 4. The minimum Gasteiger partial charge on any atom is -0.494 e.